The standard InChI is InChI=1S/C21H22N2O4S/c1-20(2,3)23-17(24)14-15(18(23)25)21(19(26)27,12-8-5-4-6-9-12)22-16(14)13-10-7-11-28-13/h4-11,14-16,22H,1-3H3,(H,26,27). The molecule has 2 aliphatic heterocycles. The Labute approximate surface area is 167 Å². The fourth-order valence-electron chi connectivity index (χ4n) is 4.57. The lowest BCUT2D eigenvalue weighted by Gasteiger charge is -2.35. The Morgan fingerprint density at radius 1 is 1.11 bits per heavy atom. The van der Waals surface area contributed by atoms with Gasteiger partial charge in [0.2, 0.25) is 11.8 Å². The molecule has 3 heterocycles. The SMILES string of the molecule is CC(C)(C)N1C(=O)C2C(c3cccs3)NC(C(=O)O)(c3ccccc3)C2C1=O. The summed E-state index contributed by atoms with van der Waals surface area (Å²) in [5.74, 6) is -3.66. The molecular formula is C21H22N2O4S. The van der Waals surface area contributed by atoms with Crippen LogP contribution in [-0.2, 0) is 19.9 Å². The Morgan fingerprint density at radius 2 is 1.79 bits per heavy atom. The quantitative estimate of drug-likeness (QED) is 0.777. The van der Waals surface area contributed by atoms with Crippen molar-refractivity contribution in [1.29, 1.82) is 0 Å². The molecule has 2 saturated heterocycles. The number of fused-ring (bicyclic) bond motifs is 1. The molecule has 4 rings (SSSR count). The van der Waals surface area contributed by atoms with Crippen molar-refractivity contribution in [3.8, 4) is 0 Å². The molecule has 1 aromatic heterocycles. The van der Waals surface area contributed by atoms with Gasteiger partial charge in [-0.3, -0.25) is 19.8 Å². The summed E-state index contributed by atoms with van der Waals surface area (Å²) in [5.41, 5.74) is -1.90. The number of hydrogen-bond donors (Lipinski definition) is 2. The minimum atomic E-state index is -1.66. The first-order valence-electron chi connectivity index (χ1n) is 9.17. The molecule has 28 heavy (non-hydrogen) atoms. The van der Waals surface area contributed by atoms with Gasteiger partial charge in [0.05, 0.1) is 17.9 Å². The van der Waals surface area contributed by atoms with Crippen LogP contribution in [-0.4, -0.2) is 33.3 Å². The van der Waals surface area contributed by atoms with Crippen LogP contribution in [0.15, 0.2) is 47.8 Å². The summed E-state index contributed by atoms with van der Waals surface area (Å²) in [4.78, 5) is 41.6. The summed E-state index contributed by atoms with van der Waals surface area (Å²) < 4.78 is 0. The number of carbonyl (C=O) groups excluding carboxylic acids is 2. The van der Waals surface area contributed by atoms with Gasteiger partial charge in [-0.2, -0.15) is 0 Å². The average molecular weight is 398 g/mol. The molecule has 6 nitrogen and oxygen atoms in total. The Morgan fingerprint density at radius 3 is 2.32 bits per heavy atom. The van der Waals surface area contributed by atoms with Crippen molar-refractivity contribution in [2.75, 3.05) is 0 Å². The van der Waals surface area contributed by atoms with Crippen molar-refractivity contribution in [3.63, 3.8) is 0 Å². The van der Waals surface area contributed by atoms with Crippen molar-refractivity contribution in [2.45, 2.75) is 37.9 Å². The van der Waals surface area contributed by atoms with E-state index in [0.29, 0.717) is 5.56 Å². The third-order valence-electron chi connectivity index (χ3n) is 5.65. The Hall–Kier alpha value is -2.51. The monoisotopic (exact) mass is 398 g/mol. The van der Waals surface area contributed by atoms with Crippen molar-refractivity contribution >= 4 is 29.1 Å². The highest BCUT2D eigenvalue weighted by Gasteiger charge is 2.70. The number of nitrogens with one attached hydrogen (secondary N) is 1. The van der Waals surface area contributed by atoms with Crippen LogP contribution in [0.4, 0.5) is 0 Å². The number of rotatable bonds is 3. The largest absolute Gasteiger partial charge is 0.480 e. The molecule has 2 aromatic rings. The Balaban J connectivity index is 1.95. The van der Waals surface area contributed by atoms with Crippen LogP contribution in [0.25, 0.3) is 0 Å². The summed E-state index contributed by atoms with van der Waals surface area (Å²) in [5, 5.41) is 15.4. The zero-order valence-electron chi connectivity index (χ0n) is 15.9. The highest BCUT2D eigenvalue weighted by atomic mass is 32.1. The number of carboxylic acids is 1. The molecule has 4 unspecified atom stereocenters. The number of hydrogen-bond acceptors (Lipinski definition) is 5. The van der Waals surface area contributed by atoms with Gasteiger partial charge in [-0.1, -0.05) is 36.4 Å². The van der Waals surface area contributed by atoms with E-state index >= 15 is 0 Å². The molecule has 4 atom stereocenters. The van der Waals surface area contributed by atoms with Crippen LogP contribution in [0, 0.1) is 11.8 Å². The smallest absolute Gasteiger partial charge is 0.329 e. The van der Waals surface area contributed by atoms with Gasteiger partial charge in [0, 0.05) is 10.4 Å². The minimum Gasteiger partial charge on any atom is -0.480 e. The number of benzene rings is 1. The molecule has 0 saturated carbocycles. The molecule has 2 fully saturated rings. The van der Waals surface area contributed by atoms with E-state index in [0.717, 1.165) is 4.88 Å². The summed E-state index contributed by atoms with van der Waals surface area (Å²) in [6.07, 6.45) is 0. The third-order valence-corrected chi connectivity index (χ3v) is 6.60. The number of carboxylic acid groups (broad SMARTS) is 1. The van der Waals surface area contributed by atoms with E-state index in [4.69, 9.17) is 0 Å². The van der Waals surface area contributed by atoms with E-state index in [-0.39, 0.29) is 5.91 Å². The van der Waals surface area contributed by atoms with Crippen LogP contribution >= 0.6 is 11.3 Å². The first-order chi connectivity index (χ1) is 13.2. The maximum atomic E-state index is 13.5. The molecule has 1 aromatic carbocycles. The summed E-state index contributed by atoms with van der Waals surface area (Å²) in [6, 6.07) is 11.9. The molecule has 7 heteroatoms. The van der Waals surface area contributed by atoms with Crippen molar-refractivity contribution in [2.24, 2.45) is 11.8 Å². The average Bonchev–Trinajstić information content (AvgIpc) is 3.32. The molecular weight excluding hydrogens is 376 g/mol. The number of amides is 2. The van der Waals surface area contributed by atoms with E-state index in [1.807, 2.05) is 17.5 Å². The molecule has 0 bridgehead atoms. The zero-order chi connectivity index (χ0) is 20.3. The number of carbonyl (C=O) groups is 3. The molecule has 2 N–H and O–H groups in total. The van der Waals surface area contributed by atoms with Crippen LogP contribution in [0.2, 0.25) is 0 Å². The second-order valence-corrected chi connectivity index (χ2v) is 9.28. The predicted molar refractivity (Wildman–Crippen MR) is 105 cm³/mol. The van der Waals surface area contributed by atoms with Gasteiger partial charge in [-0.05, 0) is 37.8 Å². The van der Waals surface area contributed by atoms with Crippen molar-refractivity contribution < 1.29 is 19.5 Å². The maximum absolute atomic E-state index is 13.5. The van der Waals surface area contributed by atoms with Gasteiger partial charge >= 0.3 is 5.97 Å². The number of likely N-dealkylation sites (tertiary alicyclic amines) is 1. The second kappa shape index (κ2) is 6.25. The van der Waals surface area contributed by atoms with Crippen molar-refractivity contribution in [1.82, 2.24) is 10.2 Å². The fraction of sp³-hybridized carbons (Fsp3) is 0.381. The second-order valence-electron chi connectivity index (χ2n) is 8.30. The molecule has 0 spiro atoms. The van der Waals surface area contributed by atoms with Gasteiger partial charge < -0.3 is 5.11 Å². The zero-order valence-corrected chi connectivity index (χ0v) is 16.7. The highest BCUT2D eigenvalue weighted by Crippen LogP contribution is 2.54. The first-order valence-corrected chi connectivity index (χ1v) is 10.1. The summed E-state index contributed by atoms with van der Waals surface area (Å²) >= 11 is 1.45. The third kappa shape index (κ3) is 2.46. The molecule has 2 aliphatic rings. The minimum absolute atomic E-state index is 0.313. The van der Waals surface area contributed by atoms with Gasteiger partial charge in [-0.15, -0.1) is 11.3 Å². The van der Waals surface area contributed by atoms with E-state index in [2.05, 4.69) is 5.32 Å². The van der Waals surface area contributed by atoms with E-state index in [9.17, 15) is 19.5 Å². The van der Waals surface area contributed by atoms with E-state index in [1.165, 1.54) is 16.2 Å². The van der Waals surface area contributed by atoms with Gasteiger partial charge in [0.1, 0.15) is 0 Å². The van der Waals surface area contributed by atoms with E-state index in [1.54, 1.807) is 51.1 Å². The van der Waals surface area contributed by atoms with Gasteiger partial charge in [0.15, 0.2) is 5.54 Å². The molecule has 0 radical (unpaired) electrons. The number of thiophene rings is 1. The lowest BCUT2D eigenvalue weighted by molar-refractivity contribution is -0.154. The Kier molecular flexibility index (Phi) is 4.21. The van der Waals surface area contributed by atoms with E-state index < -0.39 is 40.8 Å². The lowest BCUT2D eigenvalue weighted by atomic mass is 9.75. The summed E-state index contributed by atoms with van der Waals surface area (Å²) in [6.45, 7) is 5.38. The molecule has 2 amide bonds. The number of nitrogens with zero attached hydrogens (tertiary/aromatic N) is 1. The first kappa shape index (κ1) is 18.8. The molecule has 0 aliphatic carbocycles. The number of imide groups is 1. The highest BCUT2D eigenvalue weighted by molar-refractivity contribution is 7.10. The Bertz CT molecular complexity index is 935. The lowest BCUT2D eigenvalue weighted by Crippen LogP contribution is -2.55. The van der Waals surface area contributed by atoms with Gasteiger partial charge in [0.25, 0.3) is 0 Å². The van der Waals surface area contributed by atoms with Gasteiger partial charge in [-0.25, -0.2) is 4.79 Å². The van der Waals surface area contributed by atoms with Crippen molar-refractivity contribution in [3.05, 3.63) is 58.3 Å². The van der Waals surface area contributed by atoms with Crippen LogP contribution in [0.5, 0.6) is 0 Å². The maximum Gasteiger partial charge on any atom is 0.329 e. The molecule has 146 valence electrons. The predicted octanol–water partition coefficient (Wildman–Crippen LogP) is 2.77. The summed E-state index contributed by atoms with van der Waals surface area (Å²) in [7, 11) is 0. The fourth-order valence-corrected chi connectivity index (χ4v) is 5.39. The van der Waals surface area contributed by atoms with Crippen LogP contribution in [0.3, 0.4) is 0 Å². The van der Waals surface area contributed by atoms with Crippen LogP contribution in [0.1, 0.15) is 37.3 Å². The normalized spacial score (nSPS) is 30.0. The van der Waals surface area contributed by atoms with Crippen LogP contribution < -0.4 is 5.32 Å². The topological polar surface area (TPSA) is 86.7 Å². The number of aliphatic carboxylic acids is 1.